The summed E-state index contributed by atoms with van der Waals surface area (Å²) in [6.45, 7) is 11.7. The number of hydrogen-bond donors (Lipinski definition) is 0. The second kappa shape index (κ2) is 13.0. The first-order chi connectivity index (χ1) is 28.3. The highest BCUT2D eigenvalue weighted by Crippen LogP contribution is 2.52. The number of allylic oxidation sites excluding steroid dienone is 6. The van der Waals surface area contributed by atoms with Crippen molar-refractivity contribution in [3.8, 4) is 39.1 Å². The van der Waals surface area contributed by atoms with E-state index >= 15 is 0 Å². The molecule has 0 saturated carbocycles. The molecule has 1 aromatic heterocycles. The van der Waals surface area contributed by atoms with Gasteiger partial charge in [0.1, 0.15) is 0 Å². The summed E-state index contributed by atoms with van der Waals surface area (Å²) < 4.78 is 2.46. The van der Waals surface area contributed by atoms with E-state index < -0.39 is 0 Å². The third kappa shape index (κ3) is 5.16. The van der Waals surface area contributed by atoms with Crippen LogP contribution in [-0.4, -0.2) is 4.57 Å². The van der Waals surface area contributed by atoms with Gasteiger partial charge in [-0.3, -0.25) is 0 Å². The van der Waals surface area contributed by atoms with Crippen LogP contribution in [0.25, 0.3) is 72.0 Å². The normalized spacial score (nSPS) is 17.6. The molecule has 280 valence electrons. The number of rotatable bonds is 5. The van der Waals surface area contributed by atoms with Crippen molar-refractivity contribution in [2.24, 2.45) is 5.92 Å². The minimum Gasteiger partial charge on any atom is -0.309 e. The number of fused-ring (bicyclic) bond motifs is 9. The molecule has 0 spiro atoms. The molecule has 0 radical (unpaired) electrons. The van der Waals surface area contributed by atoms with E-state index in [1.54, 1.807) is 0 Å². The fourth-order valence-electron chi connectivity index (χ4n) is 10.7. The van der Waals surface area contributed by atoms with E-state index in [1.807, 2.05) is 0 Å². The summed E-state index contributed by atoms with van der Waals surface area (Å²) in [6, 6.07) is 56.9. The number of benzene rings is 7. The van der Waals surface area contributed by atoms with Gasteiger partial charge in [-0.15, -0.1) is 0 Å². The fraction of sp³-hybridized carbons (Fsp3) is 0.158. The predicted octanol–water partition coefficient (Wildman–Crippen LogP) is 15.3. The second-order valence-electron chi connectivity index (χ2n) is 17.3. The smallest absolute Gasteiger partial charge is 0.0547 e. The van der Waals surface area contributed by atoms with E-state index in [4.69, 9.17) is 0 Å². The van der Waals surface area contributed by atoms with Crippen molar-refractivity contribution >= 4 is 33.0 Å². The number of hydrogen-bond acceptors (Lipinski definition) is 0. The van der Waals surface area contributed by atoms with Crippen LogP contribution in [0.5, 0.6) is 0 Å². The second-order valence-corrected chi connectivity index (χ2v) is 17.3. The molecule has 11 rings (SSSR count). The molecule has 3 aliphatic rings. The predicted molar refractivity (Wildman–Crippen MR) is 247 cm³/mol. The summed E-state index contributed by atoms with van der Waals surface area (Å²) >= 11 is 0. The van der Waals surface area contributed by atoms with Crippen molar-refractivity contribution in [3.63, 3.8) is 0 Å². The van der Waals surface area contributed by atoms with Gasteiger partial charge in [0.05, 0.1) is 11.0 Å². The van der Waals surface area contributed by atoms with Crippen LogP contribution < -0.4 is 0 Å². The first-order valence-corrected chi connectivity index (χ1v) is 21.0. The Morgan fingerprint density at radius 2 is 1.29 bits per heavy atom. The summed E-state index contributed by atoms with van der Waals surface area (Å²) in [7, 11) is 0. The molecule has 58 heavy (non-hydrogen) atoms. The van der Waals surface area contributed by atoms with Crippen molar-refractivity contribution in [3.05, 3.63) is 209 Å². The maximum atomic E-state index is 2.49. The lowest BCUT2D eigenvalue weighted by Crippen LogP contribution is -2.14. The summed E-state index contributed by atoms with van der Waals surface area (Å²) in [4.78, 5) is 0. The van der Waals surface area contributed by atoms with Crippen LogP contribution in [0.3, 0.4) is 0 Å². The van der Waals surface area contributed by atoms with Crippen LogP contribution in [0.1, 0.15) is 73.4 Å². The lowest BCUT2D eigenvalue weighted by Gasteiger charge is -2.22. The molecule has 3 aliphatic carbocycles. The van der Waals surface area contributed by atoms with E-state index in [-0.39, 0.29) is 5.41 Å². The molecule has 0 N–H and O–H groups in total. The molecule has 2 atom stereocenters. The van der Waals surface area contributed by atoms with Gasteiger partial charge in [-0.05, 0) is 133 Å². The number of nitrogens with zero attached hydrogens (tertiary/aromatic N) is 1. The van der Waals surface area contributed by atoms with Gasteiger partial charge >= 0.3 is 0 Å². The zero-order valence-electron chi connectivity index (χ0n) is 34.0. The molecular formula is C57H47N. The van der Waals surface area contributed by atoms with Crippen LogP contribution >= 0.6 is 0 Å². The molecule has 8 aromatic rings. The standard InChI is InChI=1S/C57H47N/c1-6-43-45-16-7-8-17-46(45)50-31-35(2)30-41(33-51(43)50)39-24-27-48-47-18-10-12-21-54(47)58(55(48)34-39)42-25-22-37(23-26-42)38-14-13-15-40(32-38)44-28-29-53-56(36(44)3)49-19-9-11-20-52(49)57(53,4)5/h7-35,43H,6H2,1-5H3. The first-order valence-electron chi connectivity index (χ1n) is 21.0. The SMILES string of the molecule is CCC1C2=CC(c3ccc4c5ccccc5n(-c5ccc(-c6cccc(-c7ccc8c(c7C)-c7ccccc7C8(C)C)c6)cc5)c4c3)=CC(C)C=C2c2ccccc21. The van der Waals surface area contributed by atoms with Crippen molar-refractivity contribution in [2.75, 3.05) is 0 Å². The van der Waals surface area contributed by atoms with Gasteiger partial charge in [0.15, 0.2) is 0 Å². The van der Waals surface area contributed by atoms with Crippen LogP contribution in [0.4, 0.5) is 0 Å². The topological polar surface area (TPSA) is 4.93 Å². The van der Waals surface area contributed by atoms with Gasteiger partial charge in [-0.2, -0.15) is 0 Å². The van der Waals surface area contributed by atoms with Crippen molar-refractivity contribution in [1.29, 1.82) is 0 Å². The molecule has 0 amide bonds. The maximum absolute atomic E-state index is 2.49. The molecule has 0 saturated heterocycles. The summed E-state index contributed by atoms with van der Waals surface area (Å²) in [5.74, 6) is 0.748. The van der Waals surface area contributed by atoms with E-state index in [0.29, 0.717) is 11.8 Å². The number of para-hydroxylation sites is 1. The Kier molecular flexibility index (Phi) is 7.82. The highest BCUT2D eigenvalue weighted by Gasteiger charge is 2.36. The molecule has 0 fully saturated rings. The molecule has 0 bridgehead atoms. The largest absolute Gasteiger partial charge is 0.309 e. The molecular weight excluding hydrogens is 699 g/mol. The van der Waals surface area contributed by atoms with Gasteiger partial charge in [0, 0.05) is 27.8 Å². The Hall–Kier alpha value is -6.44. The lowest BCUT2D eigenvalue weighted by atomic mass is 9.81. The average Bonchev–Trinajstić information content (AvgIpc) is 3.77. The van der Waals surface area contributed by atoms with Gasteiger partial charge in [0.2, 0.25) is 0 Å². The Balaban J connectivity index is 0.973. The molecule has 0 aliphatic heterocycles. The Morgan fingerprint density at radius 3 is 2.14 bits per heavy atom. The Bertz CT molecular complexity index is 3080. The molecule has 1 nitrogen and oxygen atoms in total. The lowest BCUT2D eigenvalue weighted by molar-refractivity contribution is 0.660. The van der Waals surface area contributed by atoms with Crippen LogP contribution in [-0.2, 0) is 5.41 Å². The van der Waals surface area contributed by atoms with E-state index in [1.165, 1.54) is 111 Å². The van der Waals surface area contributed by atoms with Crippen molar-refractivity contribution < 1.29 is 0 Å². The first kappa shape index (κ1) is 34.8. The van der Waals surface area contributed by atoms with Crippen LogP contribution in [0.2, 0.25) is 0 Å². The fourth-order valence-corrected chi connectivity index (χ4v) is 10.7. The highest BCUT2D eigenvalue weighted by atomic mass is 15.0. The van der Waals surface area contributed by atoms with E-state index in [9.17, 15) is 0 Å². The third-order valence-corrected chi connectivity index (χ3v) is 13.6. The highest BCUT2D eigenvalue weighted by molar-refractivity contribution is 6.10. The molecule has 7 aromatic carbocycles. The Morgan fingerprint density at radius 1 is 0.569 bits per heavy atom. The van der Waals surface area contributed by atoms with Crippen LogP contribution in [0.15, 0.2) is 175 Å². The third-order valence-electron chi connectivity index (χ3n) is 13.6. The van der Waals surface area contributed by atoms with Gasteiger partial charge in [-0.1, -0.05) is 167 Å². The molecule has 2 unspecified atom stereocenters. The van der Waals surface area contributed by atoms with Crippen LogP contribution in [0, 0.1) is 12.8 Å². The summed E-state index contributed by atoms with van der Waals surface area (Å²) in [5, 5.41) is 2.56. The zero-order valence-corrected chi connectivity index (χ0v) is 34.0. The molecule has 1 heteroatoms. The average molecular weight is 746 g/mol. The molecule has 1 heterocycles. The maximum Gasteiger partial charge on any atom is 0.0547 e. The minimum atomic E-state index is 0.00190. The van der Waals surface area contributed by atoms with Gasteiger partial charge in [0.25, 0.3) is 0 Å². The van der Waals surface area contributed by atoms with E-state index in [2.05, 4.69) is 209 Å². The van der Waals surface area contributed by atoms with E-state index in [0.717, 1.165) is 6.42 Å². The number of aromatic nitrogens is 1. The summed E-state index contributed by atoms with van der Waals surface area (Å²) in [5.41, 5.74) is 23.9. The quantitative estimate of drug-likeness (QED) is 0.165. The minimum absolute atomic E-state index is 0.00190. The monoisotopic (exact) mass is 745 g/mol. The van der Waals surface area contributed by atoms with Gasteiger partial charge < -0.3 is 4.57 Å². The Labute approximate surface area is 342 Å². The van der Waals surface area contributed by atoms with Crippen molar-refractivity contribution in [1.82, 2.24) is 4.57 Å². The zero-order chi connectivity index (χ0) is 39.3. The van der Waals surface area contributed by atoms with Crippen molar-refractivity contribution in [2.45, 2.75) is 52.4 Å². The summed E-state index contributed by atoms with van der Waals surface area (Å²) in [6.07, 6.45) is 8.52. The van der Waals surface area contributed by atoms with Gasteiger partial charge in [-0.25, -0.2) is 0 Å².